The molecule has 0 heterocycles. The fraction of sp³-hybridized carbons (Fsp3) is 0.143. The fourth-order valence-corrected chi connectivity index (χ4v) is 6.79. The zero-order chi connectivity index (χ0) is 48.1. The van der Waals surface area contributed by atoms with Gasteiger partial charge in [0.15, 0.2) is 0 Å². The monoisotopic (exact) mass is 912 g/mol. The highest BCUT2D eigenvalue weighted by atomic mass is 16.5. The Morgan fingerprint density at radius 1 is 0.338 bits per heavy atom. The Labute approximate surface area is 396 Å². The lowest BCUT2D eigenvalue weighted by molar-refractivity contribution is -0.139. The van der Waals surface area contributed by atoms with E-state index in [1.165, 1.54) is 0 Å². The molecule has 0 saturated heterocycles. The second kappa shape index (κ2) is 25.2. The minimum Gasteiger partial charge on any atom is -0.490 e. The Bertz CT molecular complexity index is 2460. The minimum absolute atomic E-state index is 0.126. The molecule has 0 radical (unpaired) electrons. The van der Waals surface area contributed by atoms with E-state index in [0.29, 0.717) is 37.6 Å². The molecule has 0 bridgehead atoms. The van der Waals surface area contributed by atoms with E-state index in [2.05, 4.69) is 36.1 Å². The number of carbonyl (C=O) groups is 4. The molecule has 0 aromatic heterocycles. The molecule has 0 fully saturated rings. The van der Waals surface area contributed by atoms with Gasteiger partial charge >= 0.3 is 23.9 Å². The van der Waals surface area contributed by atoms with Crippen molar-refractivity contribution in [2.24, 2.45) is 0 Å². The van der Waals surface area contributed by atoms with Crippen molar-refractivity contribution in [3.05, 3.63) is 218 Å². The summed E-state index contributed by atoms with van der Waals surface area (Å²) in [5, 5.41) is 0. The van der Waals surface area contributed by atoms with Crippen LogP contribution < -0.4 is 19.3 Å². The Morgan fingerprint density at radius 2 is 0.588 bits per heavy atom. The molecule has 0 aliphatic heterocycles. The number of hydrogen-bond donors (Lipinski definition) is 0. The SMILES string of the molecule is C=CC(=O)OCCc1ccc(N(c2ccc(COC(=O)C=C)cc2)c2ccc(OCCOc3ccc(N(c4ccc(CCOC(=O)C=C)cc4)c4ccc(COC(=O)C=C)cc4)cc3)cc2)cc1. The molecule has 346 valence electrons. The molecule has 0 amide bonds. The van der Waals surface area contributed by atoms with Gasteiger partial charge in [0.2, 0.25) is 0 Å². The number of anilines is 6. The van der Waals surface area contributed by atoms with Gasteiger partial charge in [-0.2, -0.15) is 0 Å². The van der Waals surface area contributed by atoms with Crippen LogP contribution in [0.15, 0.2) is 196 Å². The molecule has 0 aliphatic carbocycles. The van der Waals surface area contributed by atoms with Gasteiger partial charge in [0, 0.05) is 71.3 Å². The predicted octanol–water partition coefficient (Wildman–Crippen LogP) is 11.1. The summed E-state index contributed by atoms with van der Waals surface area (Å²) in [7, 11) is 0. The van der Waals surface area contributed by atoms with Crippen molar-refractivity contribution in [2.45, 2.75) is 26.1 Å². The van der Waals surface area contributed by atoms with E-state index in [4.69, 9.17) is 28.4 Å². The fourth-order valence-electron chi connectivity index (χ4n) is 6.79. The standard InChI is InChI=1S/C56H52N2O10/c1-5-53(59)65-35-33-41-9-17-45(18-10-41)57(47-21-13-43(14-22-47)39-67-55(61)7-3)49-25-29-51(30-26-49)63-37-38-64-52-31-27-50(28-32-52)58(48-23-15-44(16-24-48)40-68-56(62)8-4)46-19-11-42(12-20-46)34-36-66-54(60)6-2/h5-32H,1-4,33-40H2. The highest BCUT2D eigenvalue weighted by Gasteiger charge is 2.16. The number of benzene rings is 6. The van der Waals surface area contributed by atoms with Gasteiger partial charge in [0.05, 0.1) is 13.2 Å². The smallest absolute Gasteiger partial charge is 0.330 e. The van der Waals surface area contributed by atoms with Gasteiger partial charge in [-0.25, -0.2) is 19.2 Å². The molecule has 6 aromatic rings. The summed E-state index contributed by atoms with van der Waals surface area (Å²) in [6, 6.07) is 47.0. The average Bonchev–Trinajstić information content (AvgIpc) is 3.38. The van der Waals surface area contributed by atoms with Crippen molar-refractivity contribution in [1.29, 1.82) is 0 Å². The van der Waals surface area contributed by atoms with Crippen molar-refractivity contribution in [3.8, 4) is 11.5 Å². The third-order valence-electron chi connectivity index (χ3n) is 10.3. The summed E-state index contributed by atoms with van der Waals surface area (Å²) in [5.41, 5.74) is 9.01. The van der Waals surface area contributed by atoms with Crippen LogP contribution in [-0.2, 0) is 64.2 Å². The average molecular weight is 913 g/mol. The maximum absolute atomic E-state index is 11.6. The van der Waals surface area contributed by atoms with Crippen LogP contribution in [0.25, 0.3) is 0 Å². The van der Waals surface area contributed by atoms with Crippen LogP contribution in [-0.4, -0.2) is 50.3 Å². The number of nitrogens with zero attached hydrogens (tertiary/aromatic N) is 2. The van der Waals surface area contributed by atoms with Crippen LogP contribution in [0.4, 0.5) is 34.1 Å². The van der Waals surface area contributed by atoms with Crippen LogP contribution in [0.2, 0.25) is 0 Å². The lowest BCUT2D eigenvalue weighted by Gasteiger charge is -2.26. The second-order valence-corrected chi connectivity index (χ2v) is 14.9. The molecular weight excluding hydrogens is 861 g/mol. The number of rotatable bonds is 25. The first-order valence-corrected chi connectivity index (χ1v) is 21.7. The highest BCUT2D eigenvalue weighted by molar-refractivity contribution is 5.83. The van der Waals surface area contributed by atoms with Crippen molar-refractivity contribution >= 4 is 58.0 Å². The van der Waals surface area contributed by atoms with E-state index in [9.17, 15) is 19.2 Å². The van der Waals surface area contributed by atoms with Gasteiger partial charge < -0.3 is 38.2 Å². The predicted molar refractivity (Wildman–Crippen MR) is 263 cm³/mol. The van der Waals surface area contributed by atoms with E-state index in [1.54, 1.807) is 0 Å². The molecule has 12 nitrogen and oxygen atoms in total. The van der Waals surface area contributed by atoms with E-state index < -0.39 is 23.9 Å². The Hall–Kier alpha value is -8.64. The first-order valence-electron chi connectivity index (χ1n) is 21.7. The lowest BCUT2D eigenvalue weighted by atomic mass is 10.1. The zero-order valence-electron chi connectivity index (χ0n) is 37.6. The minimum atomic E-state index is -0.489. The first-order chi connectivity index (χ1) is 33.2. The zero-order valence-corrected chi connectivity index (χ0v) is 37.6. The van der Waals surface area contributed by atoms with Crippen LogP contribution in [0.1, 0.15) is 22.3 Å². The number of esters is 4. The molecule has 6 rings (SSSR count). The summed E-state index contributed by atoms with van der Waals surface area (Å²) >= 11 is 0. The number of hydrogen-bond acceptors (Lipinski definition) is 12. The maximum atomic E-state index is 11.6. The number of carbonyl (C=O) groups excluding carboxylic acids is 4. The lowest BCUT2D eigenvalue weighted by Crippen LogP contribution is -2.12. The summed E-state index contributed by atoms with van der Waals surface area (Å²) in [6.07, 6.45) is 5.68. The summed E-state index contributed by atoms with van der Waals surface area (Å²) in [6.45, 7) is 15.1. The van der Waals surface area contributed by atoms with Crippen molar-refractivity contribution in [1.82, 2.24) is 0 Å². The molecule has 0 spiro atoms. The van der Waals surface area contributed by atoms with Crippen molar-refractivity contribution < 1.29 is 47.6 Å². The molecule has 6 aromatic carbocycles. The molecule has 12 heteroatoms. The highest BCUT2D eigenvalue weighted by Crippen LogP contribution is 2.37. The normalized spacial score (nSPS) is 10.4. The van der Waals surface area contributed by atoms with Crippen LogP contribution in [0.5, 0.6) is 11.5 Å². The molecule has 0 saturated carbocycles. The van der Waals surface area contributed by atoms with Crippen LogP contribution in [0.3, 0.4) is 0 Å². The van der Waals surface area contributed by atoms with Gasteiger partial charge in [-0.05, 0) is 119 Å². The van der Waals surface area contributed by atoms with E-state index in [1.807, 2.05) is 146 Å². The summed E-state index contributed by atoms with van der Waals surface area (Å²) in [5.74, 6) is -0.556. The van der Waals surface area contributed by atoms with Gasteiger partial charge in [0.1, 0.15) is 37.9 Å². The molecule has 0 atom stereocenters. The molecule has 68 heavy (non-hydrogen) atoms. The Kier molecular flexibility index (Phi) is 18.1. The van der Waals surface area contributed by atoms with Crippen molar-refractivity contribution in [2.75, 3.05) is 36.2 Å². The molecule has 0 aliphatic rings. The van der Waals surface area contributed by atoms with Gasteiger partial charge in [-0.1, -0.05) is 74.8 Å². The van der Waals surface area contributed by atoms with Gasteiger partial charge in [-0.15, -0.1) is 0 Å². The van der Waals surface area contributed by atoms with E-state index >= 15 is 0 Å². The second-order valence-electron chi connectivity index (χ2n) is 14.9. The van der Waals surface area contributed by atoms with Crippen molar-refractivity contribution in [3.63, 3.8) is 0 Å². The first kappa shape index (κ1) is 48.8. The molecule has 0 unspecified atom stereocenters. The summed E-state index contributed by atoms with van der Waals surface area (Å²) in [4.78, 5) is 50.5. The quantitative estimate of drug-likeness (QED) is 0.0234. The maximum Gasteiger partial charge on any atom is 0.330 e. The largest absolute Gasteiger partial charge is 0.490 e. The Morgan fingerprint density at radius 3 is 0.868 bits per heavy atom. The van der Waals surface area contributed by atoms with E-state index in [0.717, 1.165) is 80.7 Å². The van der Waals surface area contributed by atoms with Gasteiger partial charge in [-0.3, -0.25) is 0 Å². The summed E-state index contributed by atoms with van der Waals surface area (Å²) < 4.78 is 32.9. The number of ether oxygens (including phenoxy) is 6. The third-order valence-corrected chi connectivity index (χ3v) is 10.3. The third kappa shape index (κ3) is 14.4. The van der Waals surface area contributed by atoms with Gasteiger partial charge in [0.25, 0.3) is 0 Å². The van der Waals surface area contributed by atoms with E-state index in [-0.39, 0.29) is 26.4 Å². The molecular formula is C56H52N2O10. The Balaban J connectivity index is 1.10. The van der Waals surface area contributed by atoms with Crippen LogP contribution >= 0.6 is 0 Å². The topological polar surface area (TPSA) is 130 Å². The molecule has 0 N–H and O–H groups in total. The van der Waals surface area contributed by atoms with Crippen LogP contribution in [0, 0.1) is 0 Å².